The number of carbonyl (C=O) groups excluding carboxylic acids is 1. The lowest BCUT2D eigenvalue weighted by atomic mass is 9.97. The van der Waals surface area contributed by atoms with Crippen molar-refractivity contribution in [2.24, 2.45) is 0 Å². The molecule has 0 rings (SSSR count). The third-order valence-corrected chi connectivity index (χ3v) is 2.31. The van der Waals surface area contributed by atoms with Gasteiger partial charge in [0.2, 0.25) is 5.91 Å². The molecular weight excluding hydrogens is 188 g/mol. The maximum atomic E-state index is 11.7. The maximum absolute atomic E-state index is 11.7. The minimum absolute atomic E-state index is 0.0302. The molecule has 1 amide bonds. The monoisotopic (exact) mass is 214 g/mol. The van der Waals surface area contributed by atoms with Gasteiger partial charge in [-0.05, 0) is 41.0 Å². The highest BCUT2D eigenvalue weighted by Gasteiger charge is 2.22. The quantitative estimate of drug-likeness (QED) is 0.710. The van der Waals surface area contributed by atoms with Crippen LogP contribution in [-0.2, 0) is 4.79 Å². The summed E-state index contributed by atoms with van der Waals surface area (Å²) >= 11 is 0. The zero-order valence-corrected chi connectivity index (χ0v) is 11.0. The Morgan fingerprint density at radius 1 is 1.27 bits per heavy atom. The summed E-state index contributed by atoms with van der Waals surface area (Å²) in [6.45, 7) is 12.3. The third kappa shape index (κ3) is 6.50. The fourth-order valence-electron chi connectivity index (χ4n) is 1.76. The summed E-state index contributed by atoms with van der Waals surface area (Å²) in [4.78, 5) is 11.7. The SMILES string of the molecule is CCCC(C)(C)NC(C)C(=O)NC(C)C. The number of nitrogens with one attached hydrogen (secondary N) is 2. The molecule has 1 atom stereocenters. The number of hydrogen-bond acceptors (Lipinski definition) is 2. The summed E-state index contributed by atoms with van der Waals surface area (Å²) in [7, 11) is 0. The zero-order valence-electron chi connectivity index (χ0n) is 11.0. The molecule has 0 bridgehead atoms. The van der Waals surface area contributed by atoms with E-state index in [1.165, 1.54) is 0 Å². The third-order valence-electron chi connectivity index (χ3n) is 2.31. The molecule has 0 saturated heterocycles. The summed E-state index contributed by atoms with van der Waals surface area (Å²) in [6.07, 6.45) is 2.20. The van der Waals surface area contributed by atoms with Gasteiger partial charge < -0.3 is 10.6 Å². The summed E-state index contributed by atoms with van der Waals surface area (Å²) in [5.74, 6) is 0.0779. The van der Waals surface area contributed by atoms with E-state index in [0.29, 0.717) is 0 Å². The van der Waals surface area contributed by atoms with Gasteiger partial charge in [0.1, 0.15) is 0 Å². The van der Waals surface area contributed by atoms with Crippen LogP contribution in [0, 0.1) is 0 Å². The molecular formula is C12H26N2O. The number of hydrogen-bond donors (Lipinski definition) is 2. The molecule has 3 heteroatoms. The van der Waals surface area contributed by atoms with Crippen molar-refractivity contribution in [1.82, 2.24) is 10.6 Å². The summed E-state index contributed by atoms with van der Waals surface area (Å²) < 4.78 is 0. The molecule has 90 valence electrons. The van der Waals surface area contributed by atoms with Crippen molar-refractivity contribution >= 4 is 5.91 Å². The fraction of sp³-hybridized carbons (Fsp3) is 0.917. The molecule has 0 aromatic carbocycles. The van der Waals surface area contributed by atoms with E-state index >= 15 is 0 Å². The summed E-state index contributed by atoms with van der Waals surface area (Å²) in [5.41, 5.74) is 0.0302. The van der Waals surface area contributed by atoms with Crippen molar-refractivity contribution in [1.29, 1.82) is 0 Å². The molecule has 0 heterocycles. The topological polar surface area (TPSA) is 41.1 Å². The predicted octanol–water partition coefficient (Wildman–Crippen LogP) is 2.07. The van der Waals surface area contributed by atoms with Crippen LogP contribution in [-0.4, -0.2) is 23.5 Å². The zero-order chi connectivity index (χ0) is 12.1. The minimum atomic E-state index is -0.131. The first-order valence-electron chi connectivity index (χ1n) is 5.86. The van der Waals surface area contributed by atoms with Crippen molar-refractivity contribution in [2.75, 3.05) is 0 Å². The number of rotatable bonds is 6. The Bertz CT molecular complexity index is 200. The lowest BCUT2D eigenvalue weighted by Crippen LogP contribution is -2.52. The van der Waals surface area contributed by atoms with Gasteiger partial charge in [-0.2, -0.15) is 0 Å². The fourth-order valence-corrected chi connectivity index (χ4v) is 1.76. The van der Waals surface area contributed by atoms with Crippen LogP contribution in [0.4, 0.5) is 0 Å². The normalized spacial score (nSPS) is 14.1. The Morgan fingerprint density at radius 3 is 2.20 bits per heavy atom. The lowest BCUT2D eigenvalue weighted by molar-refractivity contribution is -0.123. The molecule has 15 heavy (non-hydrogen) atoms. The first-order chi connectivity index (χ1) is 6.78. The Labute approximate surface area is 94.0 Å². The highest BCUT2D eigenvalue weighted by Crippen LogP contribution is 2.11. The second-order valence-corrected chi connectivity index (χ2v) is 5.16. The van der Waals surface area contributed by atoms with Gasteiger partial charge >= 0.3 is 0 Å². The summed E-state index contributed by atoms with van der Waals surface area (Å²) in [5, 5.41) is 6.26. The first kappa shape index (κ1) is 14.4. The smallest absolute Gasteiger partial charge is 0.237 e. The minimum Gasteiger partial charge on any atom is -0.353 e. The molecule has 0 aliphatic heterocycles. The van der Waals surface area contributed by atoms with Crippen LogP contribution in [0.15, 0.2) is 0 Å². The van der Waals surface area contributed by atoms with E-state index in [9.17, 15) is 4.79 Å². The molecule has 2 N–H and O–H groups in total. The van der Waals surface area contributed by atoms with Gasteiger partial charge in [-0.25, -0.2) is 0 Å². The molecule has 0 aromatic heterocycles. The van der Waals surface area contributed by atoms with Gasteiger partial charge in [0.25, 0.3) is 0 Å². The van der Waals surface area contributed by atoms with Crippen LogP contribution in [0.3, 0.4) is 0 Å². The summed E-state index contributed by atoms with van der Waals surface area (Å²) in [6, 6.07) is 0.0741. The molecule has 0 aliphatic carbocycles. The van der Waals surface area contributed by atoms with Gasteiger partial charge in [-0.15, -0.1) is 0 Å². The Balaban J connectivity index is 4.11. The average molecular weight is 214 g/mol. The van der Waals surface area contributed by atoms with Crippen molar-refractivity contribution < 1.29 is 4.79 Å². The molecule has 0 radical (unpaired) electrons. The van der Waals surface area contributed by atoms with E-state index in [1.54, 1.807) is 0 Å². The molecule has 0 fully saturated rings. The highest BCUT2D eigenvalue weighted by molar-refractivity contribution is 5.81. The van der Waals surface area contributed by atoms with Gasteiger partial charge in [-0.3, -0.25) is 4.79 Å². The van der Waals surface area contributed by atoms with Gasteiger partial charge in [0, 0.05) is 11.6 Å². The molecule has 0 aromatic rings. The highest BCUT2D eigenvalue weighted by atomic mass is 16.2. The Morgan fingerprint density at radius 2 is 1.80 bits per heavy atom. The molecule has 1 unspecified atom stereocenters. The van der Waals surface area contributed by atoms with E-state index in [-0.39, 0.29) is 23.5 Å². The van der Waals surface area contributed by atoms with Gasteiger partial charge in [0.15, 0.2) is 0 Å². The largest absolute Gasteiger partial charge is 0.353 e. The second kappa shape index (κ2) is 6.11. The van der Waals surface area contributed by atoms with Crippen LogP contribution in [0.1, 0.15) is 54.4 Å². The van der Waals surface area contributed by atoms with E-state index in [2.05, 4.69) is 31.4 Å². The predicted molar refractivity (Wildman–Crippen MR) is 64.9 cm³/mol. The number of amides is 1. The Kier molecular flexibility index (Phi) is 5.88. The number of carbonyl (C=O) groups is 1. The molecule has 0 saturated carbocycles. The van der Waals surface area contributed by atoms with Crippen LogP contribution in [0.2, 0.25) is 0 Å². The lowest BCUT2D eigenvalue weighted by Gasteiger charge is -2.29. The van der Waals surface area contributed by atoms with Gasteiger partial charge in [-0.1, -0.05) is 13.3 Å². The van der Waals surface area contributed by atoms with Crippen LogP contribution >= 0.6 is 0 Å². The average Bonchev–Trinajstić information content (AvgIpc) is 2.01. The standard InChI is InChI=1S/C12H26N2O/c1-7-8-12(5,6)14-10(4)11(15)13-9(2)3/h9-10,14H,7-8H2,1-6H3,(H,13,15). The molecule has 0 aliphatic rings. The van der Waals surface area contributed by atoms with Crippen molar-refractivity contribution in [3.8, 4) is 0 Å². The second-order valence-electron chi connectivity index (χ2n) is 5.16. The molecule has 0 spiro atoms. The van der Waals surface area contributed by atoms with E-state index < -0.39 is 0 Å². The van der Waals surface area contributed by atoms with Crippen molar-refractivity contribution in [2.45, 2.75) is 72.0 Å². The van der Waals surface area contributed by atoms with E-state index in [4.69, 9.17) is 0 Å². The van der Waals surface area contributed by atoms with Crippen molar-refractivity contribution in [3.63, 3.8) is 0 Å². The van der Waals surface area contributed by atoms with Gasteiger partial charge in [0.05, 0.1) is 6.04 Å². The first-order valence-corrected chi connectivity index (χ1v) is 5.86. The van der Waals surface area contributed by atoms with E-state index in [1.807, 2.05) is 20.8 Å². The Hall–Kier alpha value is -0.570. The maximum Gasteiger partial charge on any atom is 0.237 e. The van der Waals surface area contributed by atoms with E-state index in [0.717, 1.165) is 12.8 Å². The van der Waals surface area contributed by atoms with Crippen LogP contribution < -0.4 is 10.6 Å². The van der Waals surface area contributed by atoms with Crippen molar-refractivity contribution in [3.05, 3.63) is 0 Å². The van der Waals surface area contributed by atoms with Crippen LogP contribution in [0.25, 0.3) is 0 Å². The molecule has 3 nitrogen and oxygen atoms in total. The van der Waals surface area contributed by atoms with Crippen LogP contribution in [0.5, 0.6) is 0 Å².